The Morgan fingerprint density at radius 2 is 2.22 bits per heavy atom. The molecule has 2 atom stereocenters. The number of ether oxygens (including phenoxy) is 1. The summed E-state index contributed by atoms with van der Waals surface area (Å²) in [6, 6.07) is 0. The summed E-state index contributed by atoms with van der Waals surface area (Å²) in [5.41, 5.74) is -0.573. The van der Waals surface area contributed by atoms with Gasteiger partial charge in [-0.25, -0.2) is 0 Å². The first-order chi connectivity index (χ1) is 8.51. The van der Waals surface area contributed by atoms with E-state index in [1.54, 1.807) is 0 Å². The van der Waals surface area contributed by atoms with Crippen LogP contribution in [0.1, 0.15) is 40.5 Å². The van der Waals surface area contributed by atoms with Gasteiger partial charge in [0, 0.05) is 13.1 Å². The van der Waals surface area contributed by atoms with Gasteiger partial charge in [-0.05, 0) is 45.7 Å². The van der Waals surface area contributed by atoms with Crippen molar-refractivity contribution in [3.63, 3.8) is 0 Å². The molecule has 18 heavy (non-hydrogen) atoms. The highest BCUT2D eigenvalue weighted by atomic mass is 16.5. The summed E-state index contributed by atoms with van der Waals surface area (Å²) in [4.78, 5) is 14.5. The topological polar surface area (TPSA) is 41.6 Å². The van der Waals surface area contributed by atoms with Gasteiger partial charge in [-0.3, -0.25) is 4.79 Å². The molecule has 0 radical (unpaired) electrons. The summed E-state index contributed by atoms with van der Waals surface area (Å²) in [5, 5.41) is 3.36. The lowest BCUT2D eigenvalue weighted by molar-refractivity contribution is -0.151. The SMILES string of the molecule is CCCNC(C)(CN1CCC(C)C1)C(=O)OCC. The smallest absolute Gasteiger partial charge is 0.327 e. The number of nitrogens with zero attached hydrogens (tertiary/aromatic N) is 1. The number of rotatable bonds is 7. The minimum atomic E-state index is -0.573. The lowest BCUT2D eigenvalue weighted by Gasteiger charge is -2.32. The summed E-state index contributed by atoms with van der Waals surface area (Å²) in [6.45, 7) is 12.4. The molecule has 0 aromatic carbocycles. The van der Waals surface area contributed by atoms with Gasteiger partial charge in [0.25, 0.3) is 0 Å². The van der Waals surface area contributed by atoms with E-state index in [0.29, 0.717) is 6.61 Å². The van der Waals surface area contributed by atoms with Crippen LogP contribution in [0.25, 0.3) is 0 Å². The van der Waals surface area contributed by atoms with Gasteiger partial charge in [-0.1, -0.05) is 13.8 Å². The molecule has 2 unspecified atom stereocenters. The van der Waals surface area contributed by atoms with Crippen LogP contribution in [0.4, 0.5) is 0 Å². The van der Waals surface area contributed by atoms with Crippen LogP contribution in [0.3, 0.4) is 0 Å². The Labute approximate surface area is 111 Å². The highest BCUT2D eigenvalue weighted by Gasteiger charge is 2.37. The third kappa shape index (κ3) is 4.25. The molecule has 4 nitrogen and oxygen atoms in total. The van der Waals surface area contributed by atoms with Crippen molar-refractivity contribution in [2.45, 2.75) is 46.1 Å². The van der Waals surface area contributed by atoms with Crippen molar-refractivity contribution in [3.05, 3.63) is 0 Å². The van der Waals surface area contributed by atoms with Crippen LogP contribution >= 0.6 is 0 Å². The number of carbonyl (C=O) groups is 1. The molecule has 1 saturated heterocycles. The van der Waals surface area contributed by atoms with E-state index in [2.05, 4.69) is 24.1 Å². The van der Waals surface area contributed by atoms with Gasteiger partial charge in [-0.15, -0.1) is 0 Å². The predicted octanol–water partition coefficient (Wildman–Crippen LogP) is 1.65. The highest BCUT2D eigenvalue weighted by Crippen LogP contribution is 2.19. The van der Waals surface area contributed by atoms with E-state index >= 15 is 0 Å². The maximum absolute atomic E-state index is 12.1. The van der Waals surface area contributed by atoms with Gasteiger partial charge in [-0.2, -0.15) is 0 Å². The lowest BCUT2D eigenvalue weighted by atomic mass is 10.0. The van der Waals surface area contributed by atoms with Crippen LogP contribution < -0.4 is 5.32 Å². The fraction of sp³-hybridized carbons (Fsp3) is 0.929. The zero-order chi connectivity index (χ0) is 13.6. The van der Waals surface area contributed by atoms with Crippen LogP contribution in [-0.4, -0.2) is 49.2 Å². The van der Waals surface area contributed by atoms with Crippen LogP contribution in [0.5, 0.6) is 0 Å². The first-order valence-corrected chi connectivity index (χ1v) is 7.16. The van der Waals surface area contributed by atoms with E-state index in [9.17, 15) is 4.79 Å². The maximum Gasteiger partial charge on any atom is 0.327 e. The fourth-order valence-electron chi connectivity index (χ4n) is 2.50. The van der Waals surface area contributed by atoms with Gasteiger partial charge in [0.1, 0.15) is 5.54 Å². The van der Waals surface area contributed by atoms with Crippen LogP contribution in [0.2, 0.25) is 0 Å². The van der Waals surface area contributed by atoms with E-state index in [1.807, 2.05) is 13.8 Å². The Morgan fingerprint density at radius 1 is 1.50 bits per heavy atom. The molecule has 1 fully saturated rings. The minimum absolute atomic E-state index is 0.127. The Kier molecular flexibility index (Phi) is 6.09. The number of nitrogens with one attached hydrogen (secondary N) is 1. The summed E-state index contributed by atoms with van der Waals surface area (Å²) < 4.78 is 5.21. The molecule has 0 aromatic rings. The summed E-state index contributed by atoms with van der Waals surface area (Å²) in [7, 11) is 0. The molecule has 0 bridgehead atoms. The molecule has 0 aliphatic carbocycles. The molecule has 0 spiro atoms. The van der Waals surface area contributed by atoms with E-state index in [1.165, 1.54) is 6.42 Å². The van der Waals surface area contributed by atoms with Crippen molar-refractivity contribution in [2.75, 3.05) is 32.8 Å². The lowest BCUT2D eigenvalue weighted by Crippen LogP contribution is -2.57. The van der Waals surface area contributed by atoms with Crippen molar-refractivity contribution < 1.29 is 9.53 Å². The first-order valence-electron chi connectivity index (χ1n) is 7.16. The van der Waals surface area contributed by atoms with Crippen molar-refractivity contribution in [2.24, 2.45) is 5.92 Å². The normalized spacial score (nSPS) is 23.9. The van der Waals surface area contributed by atoms with Crippen LogP contribution in [0.15, 0.2) is 0 Å². The Hall–Kier alpha value is -0.610. The van der Waals surface area contributed by atoms with E-state index in [4.69, 9.17) is 4.74 Å². The van der Waals surface area contributed by atoms with Crippen molar-refractivity contribution in [1.29, 1.82) is 0 Å². The third-order valence-corrected chi connectivity index (χ3v) is 3.54. The molecule has 1 rings (SSSR count). The second-order valence-corrected chi connectivity index (χ2v) is 5.61. The molecule has 1 heterocycles. The minimum Gasteiger partial charge on any atom is -0.465 e. The van der Waals surface area contributed by atoms with Crippen LogP contribution in [0, 0.1) is 5.92 Å². The number of hydrogen-bond donors (Lipinski definition) is 1. The average molecular weight is 256 g/mol. The standard InChI is InChI=1S/C14H28N2O2/c1-5-8-15-14(4,13(17)18-6-2)11-16-9-7-12(3)10-16/h12,15H,5-11H2,1-4H3. The van der Waals surface area contributed by atoms with Crippen molar-refractivity contribution >= 4 is 5.97 Å². The molecule has 0 amide bonds. The van der Waals surface area contributed by atoms with E-state index < -0.39 is 5.54 Å². The maximum atomic E-state index is 12.1. The number of hydrogen-bond acceptors (Lipinski definition) is 4. The van der Waals surface area contributed by atoms with E-state index in [0.717, 1.165) is 38.5 Å². The Balaban J connectivity index is 2.61. The molecule has 1 N–H and O–H groups in total. The fourth-order valence-corrected chi connectivity index (χ4v) is 2.50. The average Bonchev–Trinajstić information content (AvgIpc) is 2.72. The molecule has 106 valence electrons. The molecule has 1 aliphatic heterocycles. The van der Waals surface area contributed by atoms with Gasteiger partial charge in [0.2, 0.25) is 0 Å². The zero-order valence-electron chi connectivity index (χ0n) is 12.3. The molecular formula is C14H28N2O2. The quantitative estimate of drug-likeness (QED) is 0.703. The first kappa shape index (κ1) is 15.4. The monoisotopic (exact) mass is 256 g/mol. The Bertz CT molecular complexity index is 271. The molecular weight excluding hydrogens is 228 g/mol. The van der Waals surface area contributed by atoms with E-state index in [-0.39, 0.29) is 5.97 Å². The third-order valence-electron chi connectivity index (χ3n) is 3.54. The van der Waals surface area contributed by atoms with Gasteiger partial charge < -0.3 is 15.0 Å². The zero-order valence-corrected chi connectivity index (χ0v) is 12.3. The van der Waals surface area contributed by atoms with Gasteiger partial charge in [0.15, 0.2) is 0 Å². The summed E-state index contributed by atoms with van der Waals surface area (Å²) in [5.74, 6) is 0.612. The predicted molar refractivity (Wildman–Crippen MR) is 73.6 cm³/mol. The number of likely N-dealkylation sites (tertiary alicyclic amines) is 1. The second kappa shape index (κ2) is 7.10. The molecule has 4 heteroatoms. The van der Waals surface area contributed by atoms with Crippen molar-refractivity contribution in [1.82, 2.24) is 10.2 Å². The molecule has 1 aliphatic rings. The molecule has 0 aromatic heterocycles. The largest absolute Gasteiger partial charge is 0.465 e. The summed E-state index contributed by atoms with van der Waals surface area (Å²) >= 11 is 0. The van der Waals surface area contributed by atoms with Crippen molar-refractivity contribution in [3.8, 4) is 0 Å². The highest BCUT2D eigenvalue weighted by molar-refractivity contribution is 5.80. The number of esters is 1. The molecule has 0 saturated carbocycles. The van der Waals surface area contributed by atoms with Crippen LogP contribution in [-0.2, 0) is 9.53 Å². The Morgan fingerprint density at radius 3 is 2.72 bits per heavy atom. The number of carbonyl (C=O) groups excluding carboxylic acids is 1. The second-order valence-electron chi connectivity index (χ2n) is 5.61. The van der Waals surface area contributed by atoms with Gasteiger partial charge >= 0.3 is 5.97 Å². The summed E-state index contributed by atoms with van der Waals surface area (Å²) in [6.07, 6.45) is 2.25. The van der Waals surface area contributed by atoms with Gasteiger partial charge in [0.05, 0.1) is 6.61 Å².